The van der Waals surface area contributed by atoms with Crippen molar-refractivity contribution in [2.45, 2.75) is 6.61 Å². The topological polar surface area (TPSA) is 88.1 Å². The number of benzene rings is 4. The van der Waals surface area contributed by atoms with Gasteiger partial charge in [-0.1, -0.05) is 56.1 Å². The third-order valence-corrected chi connectivity index (χ3v) is 7.58. The van der Waals surface area contributed by atoms with Crippen LogP contribution in [-0.4, -0.2) is 30.1 Å². The molecule has 2 heterocycles. The van der Waals surface area contributed by atoms with Crippen molar-refractivity contribution in [2.75, 3.05) is 14.2 Å². The standard InChI is InChI=1S/C32H23Br2N3O5/c1-39-27-13-20(14-28(40-2)30(27)41-18-19-7-9-22(33)10-8-19)17-35-37-31(36-25-6-4-3-5-24(25)32(37)38)29-16-21-15-23(34)11-12-26(21)42-29/h3-17H,18H2,1-2H3. The van der Waals surface area contributed by atoms with Crippen LogP contribution >= 0.6 is 31.9 Å². The fourth-order valence-corrected chi connectivity index (χ4v) is 5.14. The molecule has 0 radical (unpaired) electrons. The molecule has 0 atom stereocenters. The molecule has 0 spiro atoms. The number of furan rings is 1. The fourth-order valence-electron chi connectivity index (χ4n) is 4.49. The summed E-state index contributed by atoms with van der Waals surface area (Å²) in [5.41, 5.74) is 2.49. The summed E-state index contributed by atoms with van der Waals surface area (Å²) in [5.74, 6) is 2.06. The molecule has 0 bridgehead atoms. The maximum Gasteiger partial charge on any atom is 0.282 e. The molecule has 0 fully saturated rings. The Morgan fingerprint density at radius 3 is 2.36 bits per heavy atom. The SMILES string of the molecule is COc1cc(C=Nn2c(-c3cc4cc(Br)ccc4o3)nc3ccccc3c2=O)cc(OC)c1OCc1ccc(Br)cc1. The minimum absolute atomic E-state index is 0.274. The lowest BCUT2D eigenvalue weighted by Crippen LogP contribution is -2.20. The van der Waals surface area contributed by atoms with Crippen LogP contribution in [0.2, 0.25) is 0 Å². The van der Waals surface area contributed by atoms with Crippen molar-refractivity contribution in [3.63, 3.8) is 0 Å². The summed E-state index contributed by atoms with van der Waals surface area (Å²) < 4.78 is 26.6. The number of halogens is 2. The molecule has 0 saturated heterocycles. The van der Waals surface area contributed by atoms with Crippen LogP contribution in [0.4, 0.5) is 0 Å². The molecule has 10 heteroatoms. The zero-order valence-corrected chi connectivity index (χ0v) is 25.7. The van der Waals surface area contributed by atoms with E-state index in [1.807, 2.05) is 54.6 Å². The van der Waals surface area contributed by atoms with E-state index in [0.717, 1.165) is 19.9 Å². The highest BCUT2D eigenvalue weighted by Crippen LogP contribution is 2.39. The van der Waals surface area contributed by atoms with E-state index in [0.29, 0.717) is 51.7 Å². The normalized spacial score (nSPS) is 11.4. The van der Waals surface area contributed by atoms with Crippen molar-refractivity contribution >= 4 is 59.9 Å². The van der Waals surface area contributed by atoms with Crippen LogP contribution in [0.25, 0.3) is 33.5 Å². The zero-order chi connectivity index (χ0) is 29.2. The third kappa shape index (κ3) is 5.55. The first-order valence-corrected chi connectivity index (χ1v) is 14.4. The highest BCUT2D eigenvalue weighted by atomic mass is 79.9. The Bertz CT molecular complexity index is 1990. The van der Waals surface area contributed by atoms with E-state index >= 15 is 0 Å². The number of hydrogen-bond donors (Lipinski definition) is 0. The first-order chi connectivity index (χ1) is 20.4. The van der Waals surface area contributed by atoms with Crippen LogP contribution in [0.3, 0.4) is 0 Å². The van der Waals surface area contributed by atoms with E-state index < -0.39 is 0 Å². The number of para-hydroxylation sites is 1. The molecule has 0 saturated carbocycles. The molecule has 210 valence electrons. The van der Waals surface area contributed by atoms with Gasteiger partial charge in [-0.15, -0.1) is 0 Å². The third-order valence-electron chi connectivity index (χ3n) is 6.55. The van der Waals surface area contributed by atoms with E-state index in [4.69, 9.17) is 23.6 Å². The first kappa shape index (κ1) is 27.7. The van der Waals surface area contributed by atoms with Crippen molar-refractivity contribution in [3.8, 4) is 28.8 Å². The molecular weight excluding hydrogens is 666 g/mol. The lowest BCUT2D eigenvalue weighted by molar-refractivity contribution is 0.266. The summed E-state index contributed by atoms with van der Waals surface area (Å²) in [6.45, 7) is 0.322. The Hall–Kier alpha value is -4.41. The number of rotatable bonds is 8. The van der Waals surface area contributed by atoms with Crippen LogP contribution in [0, 0.1) is 0 Å². The van der Waals surface area contributed by atoms with Crippen LogP contribution in [0.15, 0.2) is 108 Å². The lowest BCUT2D eigenvalue weighted by atomic mass is 10.2. The minimum atomic E-state index is -0.332. The maximum atomic E-state index is 13.6. The van der Waals surface area contributed by atoms with E-state index in [1.54, 1.807) is 50.8 Å². The molecule has 0 N–H and O–H groups in total. The van der Waals surface area contributed by atoms with Gasteiger partial charge in [0, 0.05) is 19.9 Å². The largest absolute Gasteiger partial charge is 0.493 e. The van der Waals surface area contributed by atoms with Gasteiger partial charge in [-0.25, -0.2) is 4.98 Å². The van der Waals surface area contributed by atoms with Crippen molar-refractivity contribution in [3.05, 3.63) is 115 Å². The highest BCUT2D eigenvalue weighted by molar-refractivity contribution is 9.10. The van der Waals surface area contributed by atoms with Gasteiger partial charge in [0.25, 0.3) is 5.56 Å². The van der Waals surface area contributed by atoms with E-state index in [9.17, 15) is 4.79 Å². The van der Waals surface area contributed by atoms with Crippen molar-refractivity contribution in [1.82, 2.24) is 9.66 Å². The summed E-state index contributed by atoms with van der Waals surface area (Å²) in [6, 6.07) is 26.0. The lowest BCUT2D eigenvalue weighted by Gasteiger charge is -2.15. The summed E-state index contributed by atoms with van der Waals surface area (Å²) >= 11 is 6.94. The molecule has 8 nitrogen and oxygen atoms in total. The monoisotopic (exact) mass is 687 g/mol. The van der Waals surface area contributed by atoms with Gasteiger partial charge in [-0.05, 0) is 66.2 Å². The Kier molecular flexibility index (Phi) is 7.82. The Morgan fingerprint density at radius 2 is 1.62 bits per heavy atom. The number of fused-ring (bicyclic) bond motifs is 2. The molecule has 0 aliphatic rings. The average molecular weight is 689 g/mol. The maximum absolute atomic E-state index is 13.6. The summed E-state index contributed by atoms with van der Waals surface area (Å²) in [4.78, 5) is 18.4. The van der Waals surface area contributed by atoms with Crippen LogP contribution in [0.5, 0.6) is 17.2 Å². The van der Waals surface area contributed by atoms with E-state index in [-0.39, 0.29) is 11.4 Å². The molecule has 0 aliphatic heterocycles. The van der Waals surface area contributed by atoms with Crippen LogP contribution < -0.4 is 19.8 Å². The number of hydrogen-bond acceptors (Lipinski definition) is 7. The van der Waals surface area contributed by atoms with Gasteiger partial charge in [0.1, 0.15) is 12.2 Å². The molecule has 0 aliphatic carbocycles. The van der Waals surface area contributed by atoms with E-state index in [2.05, 4.69) is 37.0 Å². The number of ether oxygens (including phenoxy) is 3. The van der Waals surface area contributed by atoms with Crippen molar-refractivity contribution in [1.29, 1.82) is 0 Å². The van der Waals surface area contributed by atoms with Crippen LogP contribution in [0.1, 0.15) is 11.1 Å². The zero-order valence-electron chi connectivity index (χ0n) is 22.5. The molecular formula is C32H23Br2N3O5. The number of nitrogens with zero attached hydrogens (tertiary/aromatic N) is 3. The fraction of sp³-hybridized carbons (Fsp3) is 0.0938. The van der Waals surface area contributed by atoms with Gasteiger partial charge < -0.3 is 18.6 Å². The van der Waals surface area contributed by atoms with Gasteiger partial charge in [-0.2, -0.15) is 9.78 Å². The summed E-state index contributed by atoms with van der Waals surface area (Å²) in [5, 5.41) is 5.86. The molecule has 4 aromatic carbocycles. The summed E-state index contributed by atoms with van der Waals surface area (Å²) in [6.07, 6.45) is 1.55. The van der Waals surface area contributed by atoms with Gasteiger partial charge in [0.2, 0.25) is 11.6 Å². The first-order valence-electron chi connectivity index (χ1n) is 12.8. The predicted molar refractivity (Wildman–Crippen MR) is 170 cm³/mol. The molecule has 0 amide bonds. The Labute approximate surface area is 257 Å². The second-order valence-electron chi connectivity index (χ2n) is 9.28. The summed E-state index contributed by atoms with van der Waals surface area (Å²) in [7, 11) is 3.11. The smallest absolute Gasteiger partial charge is 0.282 e. The van der Waals surface area contributed by atoms with Gasteiger partial charge >= 0.3 is 0 Å². The van der Waals surface area contributed by atoms with Crippen LogP contribution in [-0.2, 0) is 6.61 Å². The molecule has 42 heavy (non-hydrogen) atoms. The van der Waals surface area contributed by atoms with Crippen molar-refractivity contribution < 1.29 is 18.6 Å². The molecule has 0 unspecified atom stereocenters. The molecule has 6 rings (SSSR count). The van der Waals surface area contributed by atoms with Gasteiger partial charge in [0.15, 0.2) is 17.3 Å². The number of methoxy groups -OCH3 is 2. The van der Waals surface area contributed by atoms with Gasteiger partial charge in [-0.3, -0.25) is 4.79 Å². The quantitative estimate of drug-likeness (QED) is 0.152. The predicted octanol–water partition coefficient (Wildman–Crippen LogP) is 7.81. The molecule has 6 aromatic rings. The van der Waals surface area contributed by atoms with E-state index in [1.165, 1.54) is 4.68 Å². The highest BCUT2D eigenvalue weighted by Gasteiger charge is 2.18. The second kappa shape index (κ2) is 11.8. The molecule has 2 aromatic heterocycles. The average Bonchev–Trinajstić information content (AvgIpc) is 3.43. The Morgan fingerprint density at radius 1 is 0.905 bits per heavy atom. The van der Waals surface area contributed by atoms with Gasteiger partial charge in [0.05, 0.1) is 31.3 Å². The minimum Gasteiger partial charge on any atom is -0.493 e. The second-order valence-corrected chi connectivity index (χ2v) is 11.1. The number of aromatic nitrogens is 2. The van der Waals surface area contributed by atoms with Crippen molar-refractivity contribution in [2.24, 2.45) is 5.10 Å². The Balaban J connectivity index is 1.41.